The Labute approximate surface area is 194 Å². The molecule has 0 aliphatic carbocycles. The average Bonchev–Trinajstić information content (AvgIpc) is 2.80. The Bertz CT molecular complexity index is 976. The van der Waals surface area contributed by atoms with E-state index in [1.807, 2.05) is 66.4 Å². The minimum atomic E-state index is 0.0320. The molecule has 0 aromatic heterocycles. The Morgan fingerprint density at radius 3 is 2.31 bits per heavy atom. The zero-order valence-electron chi connectivity index (χ0n) is 18.3. The van der Waals surface area contributed by atoms with Crippen molar-refractivity contribution in [2.45, 2.75) is 6.92 Å². The first-order valence-corrected chi connectivity index (χ1v) is 11.0. The third kappa shape index (κ3) is 6.53. The number of hydrogen-bond acceptors (Lipinski definition) is 4. The summed E-state index contributed by atoms with van der Waals surface area (Å²) in [6.07, 6.45) is 3.54. The topological polar surface area (TPSA) is 68.2 Å². The predicted molar refractivity (Wildman–Crippen MR) is 132 cm³/mol. The molecule has 0 atom stereocenters. The molecule has 1 amide bonds. The molecule has 2 aromatic rings. The van der Waals surface area contributed by atoms with E-state index in [0.29, 0.717) is 36.1 Å². The third-order valence-electron chi connectivity index (χ3n) is 5.24. The fraction of sp³-hybridized carbons (Fsp3) is 0.280. The van der Waals surface area contributed by atoms with Crippen LogP contribution in [-0.4, -0.2) is 66.0 Å². The quantitative estimate of drug-likeness (QED) is 0.376. The molecule has 0 saturated carbocycles. The Hall–Kier alpha value is -2.93. The standard InChI is InChI=1S/C25H29ClN4O2/c1-3-4-24(20-5-9-22(26)10-6-20)28-19(2)27-23-11-7-21(8-12-23)25(32)30-15-13-29(14-16-30)17-18-31/h3-12,31H,1,13-18H2,2H3,(H,27,28)/b24-4-. The lowest BCUT2D eigenvalue weighted by Gasteiger charge is -2.34. The molecule has 3 rings (SSSR count). The van der Waals surface area contributed by atoms with E-state index in [0.717, 1.165) is 30.0 Å². The number of β-amino-alcohol motifs (C(OH)–C–C–N with tert-alkyl or cyclic N) is 1. The summed E-state index contributed by atoms with van der Waals surface area (Å²) in [4.78, 5) is 21.5. The highest BCUT2D eigenvalue weighted by Crippen LogP contribution is 2.20. The highest BCUT2D eigenvalue weighted by molar-refractivity contribution is 6.30. The monoisotopic (exact) mass is 452 g/mol. The molecule has 1 saturated heterocycles. The van der Waals surface area contributed by atoms with E-state index in [1.54, 1.807) is 6.08 Å². The zero-order valence-corrected chi connectivity index (χ0v) is 19.1. The molecule has 0 spiro atoms. The second-order valence-corrected chi connectivity index (χ2v) is 7.99. The summed E-state index contributed by atoms with van der Waals surface area (Å²) in [5, 5.41) is 13.0. The molecule has 168 valence electrons. The maximum atomic E-state index is 12.8. The Morgan fingerprint density at radius 1 is 1.09 bits per heavy atom. The first kappa shape index (κ1) is 23.7. The number of hydrogen-bond donors (Lipinski definition) is 2. The van der Waals surface area contributed by atoms with Crippen LogP contribution in [0.1, 0.15) is 22.8 Å². The molecular weight excluding hydrogens is 424 g/mol. The van der Waals surface area contributed by atoms with E-state index < -0.39 is 0 Å². The Kier molecular flexibility index (Phi) is 8.62. The number of piperazine rings is 1. The van der Waals surface area contributed by atoms with Crippen molar-refractivity contribution in [1.29, 1.82) is 0 Å². The van der Waals surface area contributed by atoms with Gasteiger partial charge in [-0.05, 0) is 49.4 Å². The number of aliphatic hydroxyl groups excluding tert-OH is 1. The van der Waals surface area contributed by atoms with Gasteiger partial charge < -0.3 is 15.3 Å². The third-order valence-corrected chi connectivity index (χ3v) is 5.49. The fourth-order valence-electron chi connectivity index (χ4n) is 3.54. The zero-order chi connectivity index (χ0) is 22.9. The van der Waals surface area contributed by atoms with E-state index in [-0.39, 0.29) is 12.5 Å². The number of anilines is 1. The average molecular weight is 453 g/mol. The van der Waals surface area contributed by atoms with Gasteiger partial charge in [-0.15, -0.1) is 0 Å². The molecule has 7 heteroatoms. The molecule has 1 aliphatic heterocycles. The maximum absolute atomic E-state index is 12.8. The SMILES string of the molecule is C=C/C=C(\N=C(C)Nc1ccc(C(=O)N2CCN(CCO)CC2)cc1)c1ccc(Cl)cc1. The van der Waals surface area contributed by atoms with Gasteiger partial charge in [-0.3, -0.25) is 9.69 Å². The highest BCUT2D eigenvalue weighted by Gasteiger charge is 2.21. The lowest BCUT2D eigenvalue weighted by molar-refractivity contribution is 0.0615. The van der Waals surface area contributed by atoms with E-state index >= 15 is 0 Å². The molecule has 0 bridgehead atoms. The van der Waals surface area contributed by atoms with Crippen molar-refractivity contribution in [3.8, 4) is 0 Å². The number of carbonyl (C=O) groups excluding carboxylic acids is 1. The molecule has 0 radical (unpaired) electrons. The number of rotatable bonds is 7. The molecule has 1 aliphatic rings. The Morgan fingerprint density at radius 2 is 1.72 bits per heavy atom. The van der Waals surface area contributed by atoms with E-state index in [1.165, 1.54) is 0 Å². The van der Waals surface area contributed by atoms with Gasteiger partial charge in [0.05, 0.1) is 12.3 Å². The summed E-state index contributed by atoms with van der Waals surface area (Å²) < 4.78 is 0. The number of halogens is 1. The second kappa shape index (κ2) is 11.6. The number of allylic oxidation sites excluding steroid dienone is 2. The van der Waals surface area contributed by atoms with Gasteiger partial charge >= 0.3 is 0 Å². The second-order valence-electron chi connectivity index (χ2n) is 7.55. The summed E-state index contributed by atoms with van der Waals surface area (Å²) in [6, 6.07) is 14.9. The summed E-state index contributed by atoms with van der Waals surface area (Å²) in [5.41, 5.74) is 3.23. The predicted octanol–water partition coefficient (Wildman–Crippen LogP) is 4.15. The fourth-order valence-corrected chi connectivity index (χ4v) is 3.67. The van der Waals surface area contributed by atoms with Crippen molar-refractivity contribution in [2.75, 3.05) is 44.6 Å². The van der Waals surface area contributed by atoms with Crippen molar-refractivity contribution >= 4 is 34.7 Å². The summed E-state index contributed by atoms with van der Waals surface area (Å²) >= 11 is 5.98. The smallest absolute Gasteiger partial charge is 0.253 e. The first-order chi connectivity index (χ1) is 15.5. The number of aliphatic imine (C=N–C) groups is 1. The number of benzene rings is 2. The van der Waals surface area contributed by atoms with Crippen LogP contribution in [0.2, 0.25) is 5.02 Å². The molecule has 1 fully saturated rings. The van der Waals surface area contributed by atoms with Gasteiger partial charge in [0, 0.05) is 54.6 Å². The van der Waals surface area contributed by atoms with Gasteiger partial charge in [0.1, 0.15) is 5.84 Å². The Balaban J connectivity index is 1.63. The summed E-state index contributed by atoms with van der Waals surface area (Å²) in [6.45, 7) is 9.39. The van der Waals surface area contributed by atoms with E-state index in [9.17, 15) is 4.79 Å². The van der Waals surface area contributed by atoms with Crippen LogP contribution in [0, 0.1) is 0 Å². The van der Waals surface area contributed by atoms with Crippen molar-refractivity contribution in [2.24, 2.45) is 4.99 Å². The molecule has 1 heterocycles. The van der Waals surface area contributed by atoms with Crippen molar-refractivity contribution < 1.29 is 9.90 Å². The number of amidine groups is 1. The number of amides is 1. The van der Waals surface area contributed by atoms with E-state index in [4.69, 9.17) is 16.7 Å². The number of nitrogens with zero attached hydrogens (tertiary/aromatic N) is 3. The molecule has 6 nitrogen and oxygen atoms in total. The van der Waals surface area contributed by atoms with Crippen LogP contribution in [-0.2, 0) is 0 Å². The largest absolute Gasteiger partial charge is 0.395 e. The first-order valence-electron chi connectivity index (χ1n) is 10.6. The van der Waals surface area contributed by atoms with Gasteiger partial charge in [-0.1, -0.05) is 36.4 Å². The van der Waals surface area contributed by atoms with Gasteiger partial charge in [0.25, 0.3) is 5.91 Å². The van der Waals surface area contributed by atoms with Gasteiger partial charge in [0.15, 0.2) is 0 Å². The highest BCUT2D eigenvalue weighted by atomic mass is 35.5. The van der Waals surface area contributed by atoms with Gasteiger partial charge in [0.2, 0.25) is 0 Å². The van der Waals surface area contributed by atoms with Crippen LogP contribution in [0.4, 0.5) is 5.69 Å². The van der Waals surface area contributed by atoms with Crippen molar-refractivity contribution in [1.82, 2.24) is 9.80 Å². The van der Waals surface area contributed by atoms with Crippen LogP contribution in [0.15, 0.2) is 72.3 Å². The lowest BCUT2D eigenvalue weighted by Crippen LogP contribution is -2.49. The van der Waals surface area contributed by atoms with Crippen molar-refractivity contribution in [3.05, 3.63) is 83.4 Å². The van der Waals surface area contributed by atoms with Crippen LogP contribution in [0.3, 0.4) is 0 Å². The van der Waals surface area contributed by atoms with Gasteiger partial charge in [-0.2, -0.15) is 0 Å². The molecule has 2 aromatic carbocycles. The maximum Gasteiger partial charge on any atom is 0.253 e. The minimum Gasteiger partial charge on any atom is -0.395 e. The molecule has 2 N–H and O–H groups in total. The molecule has 32 heavy (non-hydrogen) atoms. The normalized spacial score (nSPS) is 15.5. The summed E-state index contributed by atoms with van der Waals surface area (Å²) in [7, 11) is 0. The van der Waals surface area contributed by atoms with E-state index in [2.05, 4.69) is 21.8 Å². The van der Waals surface area contributed by atoms with Crippen LogP contribution >= 0.6 is 11.6 Å². The minimum absolute atomic E-state index is 0.0320. The lowest BCUT2D eigenvalue weighted by atomic mass is 10.1. The van der Waals surface area contributed by atoms with Crippen LogP contribution in [0.5, 0.6) is 0 Å². The number of aliphatic hydroxyl groups is 1. The van der Waals surface area contributed by atoms with Gasteiger partial charge in [-0.25, -0.2) is 4.99 Å². The van der Waals surface area contributed by atoms with Crippen LogP contribution < -0.4 is 5.32 Å². The molecular formula is C25H29ClN4O2. The number of carbonyl (C=O) groups is 1. The number of nitrogens with one attached hydrogen (secondary N) is 1. The summed E-state index contributed by atoms with van der Waals surface area (Å²) in [5.74, 6) is 0.747. The van der Waals surface area contributed by atoms with Crippen molar-refractivity contribution in [3.63, 3.8) is 0 Å². The molecule has 0 unspecified atom stereocenters. The van der Waals surface area contributed by atoms with Crippen LogP contribution in [0.25, 0.3) is 5.70 Å².